The zero-order chi connectivity index (χ0) is 12.8. The van der Waals surface area contributed by atoms with Crippen LogP contribution in [0.5, 0.6) is 0 Å². The lowest BCUT2D eigenvalue weighted by Crippen LogP contribution is -2.07. The number of imidazole rings is 1. The molecule has 4 nitrogen and oxygen atoms in total. The third-order valence-electron chi connectivity index (χ3n) is 2.95. The molecule has 2 N–H and O–H groups in total. The van der Waals surface area contributed by atoms with Gasteiger partial charge in [0.25, 0.3) is 0 Å². The van der Waals surface area contributed by atoms with Gasteiger partial charge in [-0.05, 0) is 31.0 Å². The van der Waals surface area contributed by atoms with Crippen molar-refractivity contribution in [3.63, 3.8) is 0 Å². The topological polar surface area (TPSA) is 50.1 Å². The predicted molar refractivity (Wildman–Crippen MR) is 72.5 cm³/mol. The van der Waals surface area contributed by atoms with E-state index in [-0.39, 0.29) is 6.61 Å². The van der Waals surface area contributed by atoms with Crippen molar-refractivity contribution in [2.75, 3.05) is 11.9 Å². The molecule has 1 aromatic heterocycles. The van der Waals surface area contributed by atoms with E-state index in [1.165, 1.54) is 0 Å². The van der Waals surface area contributed by atoms with Crippen molar-refractivity contribution < 1.29 is 5.11 Å². The summed E-state index contributed by atoms with van der Waals surface area (Å²) in [5.41, 5.74) is 2.22. The highest BCUT2D eigenvalue weighted by Gasteiger charge is 2.00. The lowest BCUT2D eigenvalue weighted by molar-refractivity contribution is 0.299. The molecule has 0 aliphatic rings. The first kappa shape index (κ1) is 12.6. The average molecular weight is 245 g/mol. The Labute approximate surface area is 107 Å². The molecule has 1 aromatic carbocycles. The maximum atomic E-state index is 8.85. The van der Waals surface area contributed by atoms with Crippen molar-refractivity contribution in [1.82, 2.24) is 9.55 Å². The van der Waals surface area contributed by atoms with Gasteiger partial charge in [-0.2, -0.15) is 0 Å². The molecule has 18 heavy (non-hydrogen) atoms. The summed E-state index contributed by atoms with van der Waals surface area (Å²) in [6.07, 6.45) is 4.52. The molecule has 0 unspecified atom stereocenters. The Hall–Kier alpha value is -1.81. The van der Waals surface area contributed by atoms with Crippen LogP contribution < -0.4 is 5.32 Å². The number of aliphatic hydroxyl groups is 1. The van der Waals surface area contributed by atoms with Gasteiger partial charge < -0.3 is 15.0 Å². The third kappa shape index (κ3) is 3.11. The third-order valence-corrected chi connectivity index (χ3v) is 2.95. The van der Waals surface area contributed by atoms with Crippen LogP contribution in [-0.2, 0) is 19.5 Å². The molecule has 0 saturated heterocycles. The molecule has 2 aromatic rings. The smallest absolute Gasteiger partial charge is 0.128 e. The van der Waals surface area contributed by atoms with E-state index in [2.05, 4.69) is 21.8 Å². The number of nitrogens with zero attached hydrogens (tertiary/aromatic N) is 2. The number of rotatable bonds is 6. The van der Waals surface area contributed by atoms with E-state index in [0.29, 0.717) is 6.42 Å². The first-order valence-corrected chi connectivity index (χ1v) is 6.27. The molecule has 0 bridgehead atoms. The van der Waals surface area contributed by atoms with Crippen molar-refractivity contribution in [1.29, 1.82) is 0 Å². The van der Waals surface area contributed by atoms with Crippen molar-refractivity contribution in [2.24, 2.45) is 0 Å². The second kappa shape index (κ2) is 6.21. The van der Waals surface area contributed by atoms with Crippen LogP contribution in [0.25, 0.3) is 0 Å². The van der Waals surface area contributed by atoms with Crippen LogP contribution in [-0.4, -0.2) is 21.3 Å². The molecular weight excluding hydrogens is 226 g/mol. The van der Waals surface area contributed by atoms with Crippen molar-refractivity contribution >= 4 is 5.69 Å². The summed E-state index contributed by atoms with van der Waals surface area (Å²) in [5.74, 6) is 1.04. The Morgan fingerprint density at radius 1 is 1.28 bits per heavy atom. The summed E-state index contributed by atoms with van der Waals surface area (Å²) in [6, 6.07) is 8.13. The monoisotopic (exact) mass is 245 g/mol. The average Bonchev–Trinajstić information content (AvgIpc) is 2.86. The predicted octanol–water partition coefficient (Wildman–Crippen LogP) is 2.05. The maximum Gasteiger partial charge on any atom is 0.128 e. The van der Waals surface area contributed by atoms with Crippen molar-refractivity contribution in [3.8, 4) is 0 Å². The quantitative estimate of drug-likeness (QED) is 0.819. The Kier molecular flexibility index (Phi) is 4.36. The molecule has 2 rings (SSSR count). The second-order valence-corrected chi connectivity index (χ2v) is 4.15. The highest BCUT2D eigenvalue weighted by Crippen LogP contribution is 2.11. The van der Waals surface area contributed by atoms with E-state index in [1.807, 2.05) is 36.7 Å². The van der Waals surface area contributed by atoms with Gasteiger partial charge in [-0.15, -0.1) is 0 Å². The summed E-state index contributed by atoms with van der Waals surface area (Å²) in [7, 11) is 0. The Morgan fingerprint density at radius 3 is 2.72 bits per heavy atom. The number of hydrogen-bond acceptors (Lipinski definition) is 3. The summed E-state index contributed by atoms with van der Waals surface area (Å²) >= 11 is 0. The van der Waals surface area contributed by atoms with Crippen LogP contribution in [0, 0.1) is 0 Å². The normalized spacial score (nSPS) is 10.6. The first-order valence-electron chi connectivity index (χ1n) is 6.27. The number of aromatic nitrogens is 2. The van der Waals surface area contributed by atoms with Crippen LogP contribution in [0.15, 0.2) is 36.7 Å². The summed E-state index contributed by atoms with van der Waals surface area (Å²) in [6.45, 7) is 3.96. The van der Waals surface area contributed by atoms with Crippen LogP contribution in [0.3, 0.4) is 0 Å². The van der Waals surface area contributed by atoms with Gasteiger partial charge in [-0.25, -0.2) is 4.98 Å². The van der Waals surface area contributed by atoms with Gasteiger partial charge in [-0.1, -0.05) is 12.1 Å². The van der Waals surface area contributed by atoms with Gasteiger partial charge in [0.1, 0.15) is 5.82 Å². The van der Waals surface area contributed by atoms with Gasteiger partial charge in [0, 0.05) is 31.2 Å². The SMILES string of the molecule is CCn1ccnc1CNc1ccc(CCO)cc1. The second-order valence-electron chi connectivity index (χ2n) is 4.15. The highest BCUT2D eigenvalue weighted by atomic mass is 16.2. The minimum Gasteiger partial charge on any atom is -0.396 e. The van der Waals surface area contributed by atoms with Crippen LogP contribution in [0.2, 0.25) is 0 Å². The fraction of sp³-hybridized carbons (Fsp3) is 0.357. The molecule has 0 atom stereocenters. The Morgan fingerprint density at radius 2 is 2.06 bits per heavy atom. The highest BCUT2D eigenvalue weighted by molar-refractivity contribution is 5.44. The fourth-order valence-electron chi connectivity index (χ4n) is 1.89. The zero-order valence-electron chi connectivity index (χ0n) is 10.6. The maximum absolute atomic E-state index is 8.85. The summed E-state index contributed by atoms with van der Waals surface area (Å²) in [4.78, 5) is 4.32. The zero-order valence-corrected chi connectivity index (χ0v) is 10.6. The molecule has 4 heteroatoms. The lowest BCUT2D eigenvalue weighted by atomic mass is 10.1. The molecule has 0 spiro atoms. The largest absolute Gasteiger partial charge is 0.396 e. The van der Waals surface area contributed by atoms with Gasteiger partial charge in [0.05, 0.1) is 6.54 Å². The number of aryl methyl sites for hydroxylation is 1. The van der Waals surface area contributed by atoms with Gasteiger partial charge in [-0.3, -0.25) is 0 Å². The van der Waals surface area contributed by atoms with Crippen molar-refractivity contribution in [3.05, 3.63) is 48.0 Å². The number of hydrogen-bond donors (Lipinski definition) is 2. The standard InChI is InChI=1S/C14H19N3O/c1-2-17-9-8-15-14(17)11-16-13-5-3-12(4-6-13)7-10-18/h3-6,8-9,16,18H,2,7,10-11H2,1H3. The van der Waals surface area contributed by atoms with Crippen molar-refractivity contribution in [2.45, 2.75) is 26.4 Å². The number of aliphatic hydroxyl groups excluding tert-OH is 1. The molecule has 0 radical (unpaired) electrons. The van der Waals surface area contributed by atoms with E-state index in [4.69, 9.17) is 5.11 Å². The summed E-state index contributed by atoms with van der Waals surface area (Å²) < 4.78 is 2.12. The van der Waals surface area contributed by atoms with Gasteiger partial charge >= 0.3 is 0 Å². The molecule has 0 aliphatic heterocycles. The summed E-state index contributed by atoms with van der Waals surface area (Å²) in [5, 5.41) is 12.2. The van der Waals surface area contributed by atoms with Crippen LogP contribution in [0.4, 0.5) is 5.69 Å². The van der Waals surface area contributed by atoms with E-state index in [1.54, 1.807) is 0 Å². The minimum atomic E-state index is 0.195. The molecule has 1 heterocycles. The Bertz CT molecular complexity index is 476. The van der Waals surface area contributed by atoms with Crippen LogP contribution >= 0.6 is 0 Å². The molecule has 0 fully saturated rings. The van der Waals surface area contributed by atoms with E-state index >= 15 is 0 Å². The van der Waals surface area contributed by atoms with Gasteiger partial charge in [0.15, 0.2) is 0 Å². The van der Waals surface area contributed by atoms with E-state index in [0.717, 1.165) is 30.2 Å². The molecule has 0 aliphatic carbocycles. The molecular formula is C14H19N3O. The molecule has 0 saturated carbocycles. The number of nitrogens with one attached hydrogen (secondary N) is 1. The van der Waals surface area contributed by atoms with E-state index < -0.39 is 0 Å². The lowest BCUT2D eigenvalue weighted by Gasteiger charge is -2.08. The fourth-order valence-corrected chi connectivity index (χ4v) is 1.89. The van der Waals surface area contributed by atoms with Crippen LogP contribution in [0.1, 0.15) is 18.3 Å². The van der Waals surface area contributed by atoms with E-state index in [9.17, 15) is 0 Å². The molecule has 0 amide bonds. The minimum absolute atomic E-state index is 0.195. The number of anilines is 1. The number of benzene rings is 1. The Balaban J connectivity index is 1.94. The van der Waals surface area contributed by atoms with Gasteiger partial charge in [0.2, 0.25) is 0 Å². The molecule has 96 valence electrons. The first-order chi connectivity index (χ1) is 8.83.